The van der Waals surface area contributed by atoms with Crippen molar-refractivity contribution >= 4 is 50.0 Å². The summed E-state index contributed by atoms with van der Waals surface area (Å²) in [5, 5.41) is 35.8. The van der Waals surface area contributed by atoms with Gasteiger partial charge in [0.05, 0.1) is 17.1 Å². The predicted octanol–water partition coefficient (Wildman–Crippen LogP) is 9.58. The fraction of sp³-hybridized carbons (Fsp3) is 0.133. The summed E-state index contributed by atoms with van der Waals surface area (Å²) in [4.78, 5) is 0. The van der Waals surface area contributed by atoms with Gasteiger partial charge < -0.3 is 10.4 Å². The van der Waals surface area contributed by atoms with Crippen LogP contribution in [0.15, 0.2) is 105 Å². The van der Waals surface area contributed by atoms with E-state index in [1.165, 1.54) is 5.39 Å². The monoisotopic (exact) mass is 473 g/mol. The number of nitrogens with zero attached hydrogens (tertiary/aromatic N) is 4. The van der Waals surface area contributed by atoms with E-state index in [4.69, 9.17) is 0 Å². The summed E-state index contributed by atoms with van der Waals surface area (Å²) in [7, 11) is 0. The average molecular weight is 474 g/mol. The minimum Gasteiger partial charge on any atom is -0.505 e. The van der Waals surface area contributed by atoms with E-state index < -0.39 is 0 Å². The van der Waals surface area contributed by atoms with E-state index in [1.807, 2.05) is 86.6 Å². The van der Waals surface area contributed by atoms with Crippen LogP contribution in [0.2, 0.25) is 0 Å². The first-order valence-electron chi connectivity index (χ1n) is 11.9. The van der Waals surface area contributed by atoms with Crippen LogP contribution in [0.4, 0.5) is 28.4 Å². The molecule has 36 heavy (non-hydrogen) atoms. The minimum atomic E-state index is 0.134. The van der Waals surface area contributed by atoms with E-state index >= 15 is 0 Å². The molecule has 5 aromatic rings. The third-order valence-electron chi connectivity index (χ3n) is 6.11. The van der Waals surface area contributed by atoms with Gasteiger partial charge in [0.15, 0.2) is 5.75 Å². The van der Waals surface area contributed by atoms with Crippen LogP contribution in [-0.4, -0.2) is 11.7 Å². The molecule has 0 aromatic heterocycles. The lowest BCUT2D eigenvalue weighted by Gasteiger charge is -2.10. The van der Waals surface area contributed by atoms with E-state index in [2.05, 4.69) is 44.8 Å². The summed E-state index contributed by atoms with van der Waals surface area (Å²) in [6.45, 7) is 6.79. The third-order valence-corrected chi connectivity index (χ3v) is 6.11. The largest absolute Gasteiger partial charge is 0.505 e. The van der Waals surface area contributed by atoms with Crippen molar-refractivity contribution in [3.05, 3.63) is 96.1 Å². The standard InChI is InChI=1S/C30H27N5O/c1-4-31-24-11-13-27-23(18-24)15-20(3)29(30(27)36)35-33-25-12-14-28(19(2)16-25)34-32-26-10-9-21-7-5-6-8-22(21)17-26/h5-18,31,36H,4H2,1-3H3. The Hall–Kier alpha value is -4.58. The van der Waals surface area contributed by atoms with Crippen LogP contribution in [0.25, 0.3) is 21.5 Å². The molecule has 6 nitrogen and oxygen atoms in total. The fourth-order valence-corrected chi connectivity index (χ4v) is 4.23. The number of fused-ring (bicyclic) bond motifs is 2. The van der Waals surface area contributed by atoms with Gasteiger partial charge in [0.25, 0.3) is 0 Å². The van der Waals surface area contributed by atoms with E-state index in [1.54, 1.807) is 0 Å². The highest BCUT2D eigenvalue weighted by Crippen LogP contribution is 2.40. The van der Waals surface area contributed by atoms with Gasteiger partial charge in [-0.1, -0.05) is 30.3 Å². The molecule has 0 bridgehead atoms. The lowest BCUT2D eigenvalue weighted by atomic mass is 10.0. The summed E-state index contributed by atoms with van der Waals surface area (Å²) >= 11 is 0. The number of rotatable bonds is 6. The highest BCUT2D eigenvalue weighted by atomic mass is 16.3. The predicted molar refractivity (Wildman–Crippen MR) is 148 cm³/mol. The molecule has 0 spiro atoms. The van der Waals surface area contributed by atoms with Gasteiger partial charge in [-0.2, -0.15) is 15.3 Å². The topological polar surface area (TPSA) is 81.7 Å². The highest BCUT2D eigenvalue weighted by molar-refractivity contribution is 5.95. The van der Waals surface area contributed by atoms with Gasteiger partial charge >= 0.3 is 0 Å². The van der Waals surface area contributed by atoms with E-state index in [9.17, 15) is 5.11 Å². The maximum atomic E-state index is 10.9. The molecule has 0 saturated heterocycles. The van der Waals surface area contributed by atoms with Gasteiger partial charge in [-0.15, -0.1) is 5.11 Å². The number of hydrogen-bond acceptors (Lipinski definition) is 6. The number of hydrogen-bond donors (Lipinski definition) is 2. The average Bonchev–Trinajstić information content (AvgIpc) is 2.88. The molecule has 0 aliphatic heterocycles. The van der Waals surface area contributed by atoms with Crippen molar-refractivity contribution in [1.82, 2.24) is 0 Å². The highest BCUT2D eigenvalue weighted by Gasteiger charge is 2.11. The molecule has 178 valence electrons. The number of phenolic OH excluding ortho intramolecular Hbond substituents is 1. The van der Waals surface area contributed by atoms with Crippen molar-refractivity contribution in [2.45, 2.75) is 20.8 Å². The van der Waals surface area contributed by atoms with Crippen molar-refractivity contribution in [2.24, 2.45) is 20.5 Å². The normalized spacial score (nSPS) is 11.8. The maximum absolute atomic E-state index is 10.9. The third kappa shape index (κ3) is 4.79. The van der Waals surface area contributed by atoms with Gasteiger partial charge in [0, 0.05) is 17.6 Å². The summed E-state index contributed by atoms with van der Waals surface area (Å²) in [5.41, 5.74) is 5.53. The van der Waals surface area contributed by atoms with Gasteiger partial charge in [0.2, 0.25) is 0 Å². The number of benzene rings is 5. The molecule has 0 atom stereocenters. The van der Waals surface area contributed by atoms with Crippen LogP contribution < -0.4 is 5.32 Å². The number of azo groups is 2. The molecule has 2 N–H and O–H groups in total. The zero-order chi connectivity index (χ0) is 25.1. The first-order chi connectivity index (χ1) is 17.5. The van der Waals surface area contributed by atoms with Crippen LogP contribution >= 0.6 is 0 Å². The Bertz CT molecular complexity index is 1640. The van der Waals surface area contributed by atoms with Crippen LogP contribution in [0.5, 0.6) is 5.75 Å². The molecule has 0 unspecified atom stereocenters. The second kappa shape index (κ2) is 9.96. The van der Waals surface area contributed by atoms with Gasteiger partial charge in [-0.05, 0) is 103 Å². The molecule has 0 heterocycles. The smallest absolute Gasteiger partial charge is 0.151 e. The molecule has 0 radical (unpaired) electrons. The van der Waals surface area contributed by atoms with Gasteiger partial charge in [0.1, 0.15) is 5.69 Å². The molecule has 0 aliphatic rings. The van der Waals surface area contributed by atoms with Crippen molar-refractivity contribution in [3.63, 3.8) is 0 Å². The molecule has 5 rings (SSSR count). The molecule has 0 fully saturated rings. The Morgan fingerprint density at radius 1 is 0.667 bits per heavy atom. The van der Waals surface area contributed by atoms with Gasteiger partial charge in [-0.25, -0.2) is 0 Å². The van der Waals surface area contributed by atoms with Crippen LogP contribution in [0.3, 0.4) is 0 Å². The fourth-order valence-electron chi connectivity index (χ4n) is 4.23. The van der Waals surface area contributed by atoms with Crippen molar-refractivity contribution < 1.29 is 5.11 Å². The molecular formula is C30H27N5O. The van der Waals surface area contributed by atoms with Crippen LogP contribution in [0.1, 0.15) is 18.1 Å². The molecule has 0 amide bonds. The van der Waals surface area contributed by atoms with Crippen molar-refractivity contribution in [1.29, 1.82) is 0 Å². The molecule has 5 aromatic carbocycles. The molecule has 6 heteroatoms. The maximum Gasteiger partial charge on any atom is 0.151 e. The summed E-state index contributed by atoms with van der Waals surface area (Å²) in [6.07, 6.45) is 0. The SMILES string of the molecule is CCNc1ccc2c(O)c(N=Nc3ccc(N=Nc4ccc5ccccc5c4)c(C)c3)c(C)cc2c1. The van der Waals surface area contributed by atoms with Crippen molar-refractivity contribution in [2.75, 3.05) is 11.9 Å². The lowest BCUT2D eigenvalue weighted by Crippen LogP contribution is -1.95. The summed E-state index contributed by atoms with van der Waals surface area (Å²) in [5.74, 6) is 0.134. The number of aromatic hydroxyl groups is 1. The first-order valence-corrected chi connectivity index (χ1v) is 11.9. The van der Waals surface area contributed by atoms with E-state index in [0.717, 1.165) is 50.9 Å². The van der Waals surface area contributed by atoms with Crippen molar-refractivity contribution in [3.8, 4) is 5.75 Å². The van der Waals surface area contributed by atoms with Crippen LogP contribution in [-0.2, 0) is 0 Å². The Labute approximate surface area is 210 Å². The van der Waals surface area contributed by atoms with E-state index in [-0.39, 0.29) is 5.75 Å². The quantitative estimate of drug-likeness (QED) is 0.241. The Morgan fingerprint density at radius 2 is 1.42 bits per heavy atom. The lowest BCUT2D eigenvalue weighted by molar-refractivity contribution is 0.482. The molecule has 0 saturated carbocycles. The number of phenols is 1. The minimum absolute atomic E-state index is 0.134. The Morgan fingerprint density at radius 3 is 2.22 bits per heavy atom. The molecular weight excluding hydrogens is 446 g/mol. The zero-order valence-electron chi connectivity index (χ0n) is 20.5. The zero-order valence-corrected chi connectivity index (χ0v) is 20.5. The number of nitrogens with one attached hydrogen (secondary N) is 1. The summed E-state index contributed by atoms with van der Waals surface area (Å²) in [6, 6.07) is 27.8. The van der Waals surface area contributed by atoms with Crippen LogP contribution in [0, 0.1) is 13.8 Å². The Balaban J connectivity index is 1.38. The molecule has 0 aliphatic carbocycles. The number of anilines is 1. The number of aryl methyl sites for hydroxylation is 2. The summed E-state index contributed by atoms with van der Waals surface area (Å²) < 4.78 is 0. The second-order valence-corrected chi connectivity index (χ2v) is 8.76. The Kier molecular flexibility index (Phi) is 6.41. The van der Waals surface area contributed by atoms with E-state index in [0.29, 0.717) is 11.4 Å². The first kappa shape index (κ1) is 23.2. The second-order valence-electron chi connectivity index (χ2n) is 8.76. The van der Waals surface area contributed by atoms with Gasteiger partial charge in [-0.3, -0.25) is 0 Å².